The van der Waals surface area contributed by atoms with Gasteiger partial charge in [-0.25, -0.2) is 0 Å². The van der Waals surface area contributed by atoms with Crippen LogP contribution in [-0.4, -0.2) is 66.4 Å². The van der Waals surface area contributed by atoms with E-state index in [-0.39, 0.29) is 24.7 Å². The Kier molecular flexibility index (Phi) is 11.6. The second-order valence-electron chi connectivity index (χ2n) is 6.47. The van der Waals surface area contributed by atoms with Gasteiger partial charge in [0, 0.05) is 0 Å². The van der Waals surface area contributed by atoms with Crippen molar-refractivity contribution in [2.24, 2.45) is 0 Å². The Hall–Kier alpha value is -1.81. The van der Waals surface area contributed by atoms with E-state index in [0.717, 1.165) is 18.4 Å². The van der Waals surface area contributed by atoms with Crippen molar-refractivity contribution < 1.29 is 31.9 Å². The fourth-order valence-electron chi connectivity index (χ4n) is 2.63. The topological polar surface area (TPSA) is 91.3 Å². The Balaban J connectivity index is 1.60. The van der Waals surface area contributed by atoms with E-state index in [4.69, 9.17) is 23.5 Å². The van der Waals surface area contributed by atoms with E-state index < -0.39 is 10.1 Å². The molecule has 2 rings (SSSR count). The van der Waals surface area contributed by atoms with Gasteiger partial charge in [-0.15, -0.1) is 0 Å². The maximum Gasteiger partial charge on any atom is 0.297 e. The SMILES string of the molecule is O=S(=O)(OCCOCCOCCOCCO)c1ccc(CCc2ccccc2)cc1. The zero-order valence-electron chi connectivity index (χ0n) is 17.1. The van der Waals surface area contributed by atoms with E-state index in [1.165, 1.54) is 5.56 Å². The molecule has 7 nitrogen and oxygen atoms in total. The lowest BCUT2D eigenvalue weighted by Crippen LogP contribution is -2.14. The van der Waals surface area contributed by atoms with Gasteiger partial charge in [0.25, 0.3) is 10.1 Å². The molecule has 0 aromatic heterocycles. The van der Waals surface area contributed by atoms with Crippen LogP contribution in [0.5, 0.6) is 0 Å². The lowest BCUT2D eigenvalue weighted by Gasteiger charge is -2.08. The summed E-state index contributed by atoms with van der Waals surface area (Å²) in [5, 5.41) is 8.55. The fourth-order valence-corrected chi connectivity index (χ4v) is 3.53. The van der Waals surface area contributed by atoms with Gasteiger partial charge in [0.1, 0.15) is 0 Å². The van der Waals surface area contributed by atoms with Crippen LogP contribution in [-0.2, 0) is 41.4 Å². The summed E-state index contributed by atoms with van der Waals surface area (Å²) in [7, 11) is -3.80. The molecule has 30 heavy (non-hydrogen) atoms. The first-order valence-corrected chi connectivity index (χ1v) is 11.4. The fraction of sp³-hybridized carbons (Fsp3) is 0.455. The summed E-state index contributed by atoms with van der Waals surface area (Å²) < 4.78 is 45.1. The predicted molar refractivity (Wildman–Crippen MR) is 113 cm³/mol. The van der Waals surface area contributed by atoms with Crippen molar-refractivity contribution in [3.8, 4) is 0 Å². The standard InChI is InChI=1S/C22H30O7S/c23-12-13-26-14-15-27-16-17-28-18-19-29-30(24,25)22-10-8-21(9-11-22)7-6-20-4-2-1-3-5-20/h1-5,8-11,23H,6-7,12-19H2. The van der Waals surface area contributed by atoms with Crippen molar-refractivity contribution in [1.29, 1.82) is 0 Å². The average molecular weight is 439 g/mol. The third kappa shape index (κ3) is 9.80. The molecule has 1 N–H and O–H groups in total. The zero-order valence-corrected chi connectivity index (χ0v) is 17.9. The first-order valence-electron chi connectivity index (χ1n) is 9.98. The number of hydrogen-bond acceptors (Lipinski definition) is 7. The monoisotopic (exact) mass is 438 g/mol. The minimum absolute atomic E-state index is 0.00950. The number of hydrogen-bond donors (Lipinski definition) is 1. The molecule has 0 bridgehead atoms. The van der Waals surface area contributed by atoms with Gasteiger partial charge >= 0.3 is 0 Å². The molecule has 2 aromatic carbocycles. The Bertz CT molecular complexity index is 792. The van der Waals surface area contributed by atoms with Gasteiger partial charge in [-0.3, -0.25) is 4.18 Å². The van der Waals surface area contributed by atoms with Gasteiger partial charge in [-0.1, -0.05) is 42.5 Å². The smallest absolute Gasteiger partial charge is 0.297 e. The van der Waals surface area contributed by atoms with Crippen LogP contribution in [0.3, 0.4) is 0 Å². The molecule has 0 radical (unpaired) electrons. The van der Waals surface area contributed by atoms with Crippen LogP contribution in [0, 0.1) is 0 Å². The van der Waals surface area contributed by atoms with Crippen LogP contribution in [0.4, 0.5) is 0 Å². The molecule has 0 aliphatic carbocycles. The highest BCUT2D eigenvalue weighted by atomic mass is 32.2. The average Bonchev–Trinajstić information content (AvgIpc) is 2.77. The molecule has 0 atom stereocenters. The normalized spacial score (nSPS) is 11.6. The van der Waals surface area contributed by atoms with Crippen molar-refractivity contribution in [2.75, 3.05) is 52.9 Å². The molecule has 0 unspecified atom stereocenters. The van der Waals surface area contributed by atoms with Crippen molar-refractivity contribution in [3.05, 3.63) is 65.7 Å². The lowest BCUT2D eigenvalue weighted by molar-refractivity contribution is 0.00389. The summed E-state index contributed by atoms with van der Waals surface area (Å²) >= 11 is 0. The molecule has 8 heteroatoms. The molecular formula is C22H30O7S. The van der Waals surface area contributed by atoms with Crippen molar-refractivity contribution in [1.82, 2.24) is 0 Å². The van der Waals surface area contributed by atoms with Crippen LogP contribution < -0.4 is 0 Å². The molecule has 0 aliphatic heterocycles. The summed E-state index contributed by atoms with van der Waals surface area (Å²) in [5.74, 6) is 0. The Morgan fingerprint density at radius 3 is 1.70 bits per heavy atom. The Labute approximate surface area is 178 Å². The molecule has 0 heterocycles. The number of ether oxygens (including phenoxy) is 3. The zero-order chi connectivity index (χ0) is 21.5. The summed E-state index contributed by atoms with van der Waals surface area (Å²) in [5.41, 5.74) is 2.32. The van der Waals surface area contributed by atoms with Gasteiger partial charge < -0.3 is 19.3 Å². The second-order valence-corrected chi connectivity index (χ2v) is 8.08. The molecule has 166 valence electrons. The molecule has 0 amide bonds. The second kappa shape index (κ2) is 14.2. The summed E-state index contributed by atoms with van der Waals surface area (Å²) in [6.45, 7) is 1.91. The minimum Gasteiger partial charge on any atom is -0.394 e. The van der Waals surface area contributed by atoms with Gasteiger partial charge in [0.15, 0.2) is 0 Å². The van der Waals surface area contributed by atoms with Crippen LogP contribution in [0.25, 0.3) is 0 Å². The van der Waals surface area contributed by atoms with Crippen LogP contribution >= 0.6 is 0 Å². The summed E-state index contributed by atoms with van der Waals surface area (Å²) in [4.78, 5) is 0.136. The highest BCUT2D eigenvalue weighted by Crippen LogP contribution is 2.15. The van der Waals surface area contributed by atoms with Crippen molar-refractivity contribution in [3.63, 3.8) is 0 Å². The van der Waals surface area contributed by atoms with Gasteiger partial charge in [0.05, 0.1) is 57.8 Å². The molecule has 0 aliphatic rings. The van der Waals surface area contributed by atoms with E-state index in [1.807, 2.05) is 30.3 Å². The molecule has 0 saturated carbocycles. The van der Waals surface area contributed by atoms with Gasteiger partial charge in [-0.2, -0.15) is 8.42 Å². The number of aliphatic hydroxyl groups is 1. The van der Waals surface area contributed by atoms with Crippen molar-refractivity contribution in [2.45, 2.75) is 17.7 Å². The maximum absolute atomic E-state index is 12.2. The Morgan fingerprint density at radius 2 is 1.13 bits per heavy atom. The largest absolute Gasteiger partial charge is 0.394 e. The highest BCUT2D eigenvalue weighted by molar-refractivity contribution is 7.86. The van der Waals surface area contributed by atoms with Crippen LogP contribution in [0.15, 0.2) is 59.5 Å². The molecular weight excluding hydrogens is 408 g/mol. The van der Waals surface area contributed by atoms with Crippen LogP contribution in [0.2, 0.25) is 0 Å². The van der Waals surface area contributed by atoms with E-state index in [9.17, 15) is 8.42 Å². The number of benzene rings is 2. The van der Waals surface area contributed by atoms with Gasteiger partial charge in [-0.05, 0) is 36.1 Å². The summed E-state index contributed by atoms with van der Waals surface area (Å²) in [6.07, 6.45) is 1.74. The highest BCUT2D eigenvalue weighted by Gasteiger charge is 2.14. The van der Waals surface area contributed by atoms with Crippen LogP contribution in [0.1, 0.15) is 11.1 Å². The van der Waals surface area contributed by atoms with E-state index in [0.29, 0.717) is 33.0 Å². The molecule has 0 saturated heterocycles. The molecule has 0 fully saturated rings. The lowest BCUT2D eigenvalue weighted by atomic mass is 10.0. The molecule has 0 spiro atoms. The molecule has 2 aromatic rings. The predicted octanol–water partition coefficient (Wildman–Crippen LogP) is 2.22. The first-order chi connectivity index (χ1) is 14.6. The van der Waals surface area contributed by atoms with E-state index in [1.54, 1.807) is 12.1 Å². The maximum atomic E-state index is 12.2. The van der Waals surface area contributed by atoms with E-state index in [2.05, 4.69) is 12.1 Å². The quantitative estimate of drug-likeness (QED) is 0.317. The van der Waals surface area contributed by atoms with Crippen molar-refractivity contribution >= 4 is 10.1 Å². The number of aryl methyl sites for hydroxylation is 2. The third-order valence-corrected chi connectivity index (χ3v) is 5.53. The third-order valence-electron chi connectivity index (χ3n) is 4.20. The van der Waals surface area contributed by atoms with Gasteiger partial charge in [0.2, 0.25) is 0 Å². The Morgan fingerprint density at radius 1 is 0.633 bits per heavy atom. The first kappa shape index (κ1) is 24.5. The number of aliphatic hydroxyl groups excluding tert-OH is 1. The summed E-state index contributed by atoms with van der Waals surface area (Å²) in [6, 6.07) is 16.9. The minimum atomic E-state index is -3.80. The van der Waals surface area contributed by atoms with E-state index >= 15 is 0 Å². The number of rotatable bonds is 16.